The van der Waals surface area contributed by atoms with Crippen LogP contribution in [0, 0.1) is 5.92 Å². The number of carbonyl (C=O) groups excluding carboxylic acids is 1. The van der Waals surface area contributed by atoms with Crippen molar-refractivity contribution < 1.29 is 23.0 Å². The molecule has 2 aliphatic rings. The lowest BCUT2D eigenvalue weighted by Gasteiger charge is -2.21. The zero-order valence-electron chi connectivity index (χ0n) is 11.0. The number of benzene rings is 1. The summed E-state index contributed by atoms with van der Waals surface area (Å²) in [6.07, 6.45) is -2.09. The minimum absolute atomic E-state index is 0. The number of carbonyl (C=O) groups is 1. The lowest BCUT2D eigenvalue weighted by atomic mass is 9.97. The van der Waals surface area contributed by atoms with E-state index in [-0.39, 0.29) is 35.7 Å². The fourth-order valence-electron chi connectivity index (χ4n) is 2.36. The van der Waals surface area contributed by atoms with Crippen LogP contribution in [0.2, 0.25) is 0 Å². The van der Waals surface area contributed by atoms with Gasteiger partial charge in [0.05, 0.1) is 0 Å². The fourth-order valence-corrected chi connectivity index (χ4v) is 2.36. The van der Waals surface area contributed by atoms with Crippen LogP contribution in [-0.2, 0) is 4.79 Å². The summed E-state index contributed by atoms with van der Waals surface area (Å²) in [6.45, 7) is 1.62. The standard InChI is InChI=1S/C13H14F2N2O3.ClH/c14-13(15)19-10-2-1-9(7-11(10)20-13)17-12(18)8-3-5-16-6-4-8;/h1-2,7-8,16H,3-6H2,(H,17,18);1H. The van der Waals surface area contributed by atoms with E-state index in [1.54, 1.807) is 0 Å². The number of anilines is 1. The van der Waals surface area contributed by atoms with Crippen molar-refractivity contribution in [3.05, 3.63) is 18.2 Å². The molecule has 0 unspecified atom stereocenters. The van der Waals surface area contributed by atoms with E-state index in [4.69, 9.17) is 0 Å². The van der Waals surface area contributed by atoms with Gasteiger partial charge in [-0.1, -0.05) is 0 Å². The Kier molecular flexibility index (Phi) is 4.53. The van der Waals surface area contributed by atoms with Crippen LogP contribution >= 0.6 is 12.4 Å². The molecule has 1 amide bonds. The molecule has 0 saturated carbocycles. The lowest BCUT2D eigenvalue weighted by Crippen LogP contribution is -2.34. The molecule has 0 spiro atoms. The van der Waals surface area contributed by atoms with Crippen molar-refractivity contribution in [2.24, 2.45) is 5.92 Å². The highest BCUT2D eigenvalue weighted by molar-refractivity contribution is 5.93. The van der Waals surface area contributed by atoms with Gasteiger partial charge in [-0.05, 0) is 38.1 Å². The summed E-state index contributed by atoms with van der Waals surface area (Å²) in [7, 11) is 0. The first-order valence-corrected chi connectivity index (χ1v) is 6.45. The van der Waals surface area contributed by atoms with E-state index in [2.05, 4.69) is 20.1 Å². The zero-order chi connectivity index (χ0) is 14.2. The van der Waals surface area contributed by atoms with Gasteiger partial charge in [0.25, 0.3) is 0 Å². The molecular weight excluding hydrogens is 306 g/mol. The van der Waals surface area contributed by atoms with Gasteiger partial charge in [0, 0.05) is 17.7 Å². The van der Waals surface area contributed by atoms with Gasteiger partial charge < -0.3 is 20.1 Å². The zero-order valence-corrected chi connectivity index (χ0v) is 11.8. The maximum atomic E-state index is 12.9. The average molecular weight is 321 g/mol. The van der Waals surface area contributed by atoms with E-state index in [0.717, 1.165) is 25.9 Å². The summed E-state index contributed by atoms with van der Waals surface area (Å²) in [5.41, 5.74) is 0.425. The number of hydrogen-bond donors (Lipinski definition) is 2. The number of halogens is 3. The molecule has 116 valence electrons. The molecule has 1 aromatic carbocycles. The van der Waals surface area contributed by atoms with Crippen LogP contribution in [0.4, 0.5) is 14.5 Å². The number of amides is 1. The van der Waals surface area contributed by atoms with Crippen molar-refractivity contribution in [2.75, 3.05) is 18.4 Å². The van der Waals surface area contributed by atoms with Crippen LogP contribution < -0.4 is 20.1 Å². The SMILES string of the molecule is Cl.O=C(Nc1ccc2c(c1)OC(F)(F)O2)C1CCNCC1. The quantitative estimate of drug-likeness (QED) is 0.878. The summed E-state index contributed by atoms with van der Waals surface area (Å²) in [6, 6.07) is 4.21. The molecule has 1 aromatic rings. The molecule has 0 aromatic heterocycles. The van der Waals surface area contributed by atoms with Crippen LogP contribution in [0.1, 0.15) is 12.8 Å². The highest BCUT2D eigenvalue weighted by Crippen LogP contribution is 2.42. The molecule has 0 atom stereocenters. The Balaban J connectivity index is 0.00000161. The van der Waals surface area contributed by atoms with Gasteiger partial charge in [-0.15, -0.1) is 21.2 Å². The van der Waals surface area contributed by atoms with E-state index in [0.29, 0.717) is 5.69 Å². The van der Waals surface area contributed by atoms with Gasteiger partial charge in [-0.2, -0.15) is 0 Å². The van der Waals surface area contributed by atoms with Crippen molar-refractivity contribution in [3.63, 3.8) is 0 Å². The van der Waals surface area contributed by atoms with Crippen molar-refractivity contribution in [1.82, 2.24) is 5.32 Å². The number of alkyl halides is 2. The van der Waals surface area contributed by atoms with E-state index in [1.807, 2.05) is 0 Å². The summed E-state index contributed by atoms with van der Waals surface area (Å²) in [5, 5.41) is 5.90. The van der Waals surface area contributed by atoms with Crippen LogP contribution in [0.15, 0.2) is 18.2 Å². The molecule has 5 nitrogen and oxygen atoms in total. The fraction of sp³-hybridized carbons (Fsp3) is 0.462. The minimum Gasteiger partial charge on any atom is -0.395 e. The Morgan fingerprint density at radius 2 is 1.90 bits per heavy atom. The molecule has 0 aliphatic carbocycles. The monoisotopic (exact) mass is 320 g/mol. The number of fused-ring (bicyclic) bond motifs is 1. The van der Waals surface area contributed by atoms with Crippen LogP contribution in [-0.4, -0.2) is 25.3 Å². The van der Waals surface area contributed by atoms with Crippen LogP contribution in [0.3, 0.4) is 0 Å². The van der Waals surface area contributed by atoms with Crippen molar-refractivity contribution in [1.29, 1.82) is 0 Å². The predicted molar refractivity (Wildman–Crippen MR) is 74.1 cm³/mol. The van der Waals surface area contributed by atoms with Gasteiger partial charge >= 0.3 is 6.29 Å². The molecule has 3 rings (SSSR count). The second kappa shape index (κ2) is 6.03. The highest BCUT2D eigenvalue weighted by atomic mass is 35.5. The normalized spacial score (nSPS) is 19.7. The van der Waals surface area contributed by atoms with Gasteiger partial charge in [0.1, 0.15) is 0 Å². The van der Waals surface area contributed by atoms with Gasteiger partial charge in [-0.3, -0.25) is 4.79 Å². The van der Waals surface area contributed by atoms with Crippen LogP contribution in [0.25, 0.3) is 0 Å². The van der Waals surface area contributed by atoms with Crippen molar-refractivity contribution in [2.45, 2.75) is 19.1 Å². The third-order valence-corrected chi connectivity index (χ3v) is 3.38. The second-order valence-corrected chi connectivity index (χ2v) is 4.84. The smallest absolute Gasteiger partial charge is 0.395 e. The Labute approximate surface area is 126 Å². The van der Waals surface area contributed by atoms with E-state index in [1.165, 1.54) is 18.2 Å². The lowest BCUT2D eigenvalue weighted by molar-refractivity contribution is -0.286. The number of nitrogens with one attached hydrogen (secondary N) is 2. The summed E-state index contributed by atoms with van der Waals surface area (Å²) in [5.74, 6) is -0.256. The maximum absolute atomic E-state index is 12.9. The average Bonchev–Trinajstić information content (AvgIpc) is 2.73. The first-order chi connectivity index (χ1) is 9.53. The third-order valence-electron chi connectivity index (χ3n) is 3.38. The largest absolute Gasteiger partial charge is 0.586 e. The molecule has 8 heteroatoms. The third kappa shape index (κ3) is 3.54. The molecule has 1 fully saturated rings. The Morgan fingerprint density at radius 1 is 1.24 bits per heavy atom. The molecule has 1 saturated heterocycles. The van der Waals surface area contributed by atoms with E-state index >= 15 is 0 Å². The first kappa shape index (κ1) is 15.8. The van der Waals surface area contributed by atoms with E-state index in [9.17, 15) is 13.6 Å². The Bertz CT molecular complexity index is 536. The summed E-state index contributed by atoms with van der Waals surface area (Å²) in [4.78, 5) is 12.0. The Hall–Kier alpha value is -1.60. The molecule has 2 N–H and O–H groups in total. The predicted octanol–water partition coefficient (Wildman–Crippen LogP) is 2.37. The molecule has 2 aliphatic heterocycles. The first-order valence-electron chi connectivity index (χ1n) is 6.45. The molecule has 0 radical (unpaired) electrons. The number of rotatable bonds is 2. The number of ether oxygens (including phenoxy) is 2. The minimum atomic E-state index is -3.64. The van der Waals surface area contributed by atoms with Gasteiger partial charge in [0.15, 0.2) is 11.5 Å². The number of hydrogen-bond acceptors (Lipinski definition) is 4. The van der Waals surface area contributed by atoms with Gasteiger partial charge in [0.2, 0.25) is 5.91 Å². The van der Waals surface area contributed by atoms with Crippen molar-refractivity contribution in [3.8, 4) is 11.5 Å². The van der Waals surface area contributed by atoms with Crippen molar-refractivity contribution >= 4 is 24.0 Å². The molecule has 0 bridgehead atoms. The van der Waals surface area contributed by atoms with Crippen LogP contribution in [0.5, 0.6) is 11.5 Å². The second-order valence-electron chi connectivity index (χ2n) is 4.84. The molecule has 2 heterocycles. The molecular formula is C13H15ClF2N2O3. The summed E-state index contributed by atoms with van der Waals surface area (Å²) >= 11 is 0. The number of piperidine rings is 1. The highest BCUT2D eigenvalue weighted by Gasteiger charge is 2.43. The van der Waals surface area contributed by atoms with Gasteiger partial charge in [-0.25, -0.2) is 0 Å². The Morgan fingerprint density at radius 3 is 2.62 bits per heavy atom. The topological polar surface area (TPSA) is 59.6 Å². The maximum Gasteiger partial charge on any atom is 0.586 e. The molecule has 21 heavy (non-hydrogen) atoms. The summed E-state index contributed by atoms with van der Waals surface area (Å²) < 4.78 is 34.4. The van der Waals surface area contributed by atoms with E-state index < -0.39 is 6.29 Å².